The molecular weight excluding hydrogens is 258 g/mol. The van der Waals surface area contributed by atoms with E-state index in [1.54, 1.807) is 12.1 Å². The van der Waals surface area contributed by atoms with Crippen molar-refractivity contribution in [2.75, 3.05) is 27.4 Å². The number of methoxy groups -OCH3 is 2. The molecule has 1 atom stereocenters. The van der Waals surface area contributed by atoms with Crippen molar-refractivity contribution in [2.24, 2.45) is 0 Å². The van der Waals surface area contributed by atoms with E-state index in [0.29, 0.717) is 18.7 Å². The van der Waals surface area contributed by atoms with Crippen molar-refractivity contribution < 1.29 is 19.0 Å². The van der Waals surface area contributed by atoms with Crippen molar-refractivity contribution in [1.82, 2.24) is 5.32 Å². The summed E-state index contributed by atoms with van der Waals surface area (Å²) in [7, 11) is 2.94. The maximum atomic E-state index is 12.6. The van der Waals surface area contributed by atoms with Gasteiger partial charge in [0.2, 0.25) is 5.60 Å². The van der Waals surface area contributed by atoms with Gasteiger partial charge in [-0.25, -0.2) is 0 Å². The third-order valence-electron chi connectivity index (χ3n) is 3.53. The lowest BCUT2D eigenvalue weighted by Gasteiger charge is -2.49. The van der Waals surface area contributed by atoms with E-state index in [0.717, 1.165) is 0 Å². The van der Waals surface area contributed by atoms with Crippen LogP contribution in [0.1, 0.15) is 5.56 Å². The van der Waals surface area contributed by atoms with Gasteiger partial charge in [0.15, 0.2) is 5.78 Å². The van der Waals surface area contributed by atoms with Gasteiger partial charge in [-0.3, -0.25) is 10.1 Å². The molecule has 1 aromatic carbocycles. The van der Waals surface area contributed by atoms with Crippen molar-refractivity contribution in [2.45, 2.75) is 11.5 Å². The van der Waals surface area contributed by atoms with E-state index >= 15 is 0 Å². The maximum Gasteiger partial charge on any atom is 0.270 e. The van der Waals surface area contributed by atoms with Crippen LogP contribution in [-0.4, -0.2) is 39.1 Å². The Morgan fingerprint density at radius 1 is 1.35 bits per heavy atom. The Morgan fingerprint density at radius 3 is 2.55 bits per heavy atom. The van der Waals surface area contributed by atoms with Gasteiger partial charge in [0, 0.05) is 20.8 Å². The van der Waals surface area contributed by atoms with Gasteiger partial charge in [-0.1, -0.05) is 36.9 Å². The summed E-state index contributed by atoms with van der Waals surface area (Å²) < 4.78 is 16.9. The molecule has 1 N–H and O–H groups in total. The molecule has 0 radical (unpaired) electrons. The molecule has 1 saturated heterocycles. The molecule has 1 aliphatic heterocycles. The minimum absolute atomic E-state index is 0.320. The highest BCUT2D eigenvalue weighted by molar-refractivity contribution is 5.98. The van der Waals surface area contributed by atoms with E-state index in [1.807, 2.05) is 18.2 Å². The van der Waals surface area contributed by atoms with Crippen molar-refractivity contribution in [3.8, 4) is 0 Å². The number of carbonyl (C=O) groups excluding carboxylic acids is 1. The molecule has 1 aliphatic rings. The lowest BCUT2D eigenvalue weighted by atomic mass is 9.83. The second-order valence-electron chi connectivity index (χ2n) is 4.42. The molecule has 0 aromatic heterocycles. The number of ketones is 1. The minimum Gasteiger partial charge on any atom is -0.354 e. The van der Waals surface area contributed by atoms with Crippen LogP contribution in [0.4, 0.5) is 0 Å². The Balaban J connectivity index is 2.67. The monoisotopic (exact) mass is 277 g/mol. The normalized spacial score (nSPS) is 25.1. The summed E-state index contributed by atoms with van der Waals surface area (Å²) in [4.78, 5) is 12.6. The van der Waals surface area contributed by atoms with Crippen LogP contribution in [0, 0.1) is 0 Å². The summed E-state index contributed by atoms with van der Waals surface area (Å²) in [6.45, 7) is 4.45. The summed E-state index contributed by atoms with van der Waals surface area (Å²) in [5, 5.41) is 3.10. The zero-order valence-corrected chi connectivity index (χ0v) is 11.7. The summed E-state index contributed by atoms with van der Waals surface area (Å²) in [6, 6.07) is 9.15. The number of carbonyl (C=O) groups is 1. The first kappa shape index (κ1) is 14.9. The van der Waals surface area contributed by atoms with Crippen LogP contribution in [-0.2, 0) is 24.6 Å². The second-order valence-corrected chi connectivity index (χ2v) is 4.42. The molecule has 2 rings (SSSR count). The molecule has 5 nitrogen and oxygen atoms in total. The molecule has 0 aliphatic carbocycles. The molecule has 20 heavy (non-hydrogen) atoms. The van der Waals surface area contributed by atoms with E-state index < -0.39 is 11.5 Å². The summed E-state index contributed by atoms with van der Waals surface area (Å²) in [5.41, 5.74) is -0.765. The highest BCUT2D eigenvalue weighted by Crippen LogP contribution is 2.41. The van der Waals surface area contributed by atoms with Crippen molar-refractivity contribution in [3.63, 3.8) is 0 Å². The van der Waals surface area contributed by atoms with Gasteiger partial charge in [0.25, 0.3) is 5.91 Å². The SMILES string of the molecule is C=CC(=O)C1(c2ccccc2)OCCNC1(OC)OC. The zero-order chi connectivity index (χ0) is 14.6. The van der Waals surface area contributed by atoms with E-state index in [2.05, 4.69) is 11.9 Å². The Bertz CT molecular complexity index is 484. The Labute approximate surface area is 118 Å². The summed E-state index contributed by atoms with van der Waals surface area (Å²) >= 11 is 0. The van der Waals surface area contributed by atoms with Crippen LogP contribution in [0.5, 0.6) is 0 Å². The molecule has 5 heteroatoms. The van der Waals surface area contributed by atoms with Gasteiger partial charge in [-0.2, -0.15) is 0 Å². The number of benzene rings is 1. The van der Waals surface area contributed by atoms with Crippen LogP contribution in [0.2, 0.25) is 0 Å². The van der Waals surface area contributed by atoms with Gasteiger partial charge in [-0.05, 0) is 11.6 Å². The predicted octanol–water partition coefficient (Wildman–Crippen LogP) is 1.20. The van der Waals surface area contributed by atoms with E-state index in [9.17, 15) is 4.79 Å². The van der Waals surface area contributed by atoms with E-state index in [4.69, 9.17) is 14.2 Å². The number of morpholine rings is 1. The third kappa shape index (κ3) is 1.99. The first-order valence-corrected chi connectivity index (χ1v) is 6.38. The Kier molecular flexibility index (Phi) is 4.35. The lowest BCUT2D eigenvalue weighted by Crippen LogP contribution is -2.71. The van der Waals surface area contributed by atoms with Crippen LogP contribution < -0.4 is 5.32 Å². The molecule has 0 spiro atoms. The first-order valence-electron chi connectivity index (χ1n) is 6.38. The number of rotatable bonds is 5. The molecule has 108 valence electrons. The third-order valence-corrected chi connectivity index (χ3v) is 3.53. The van der Waals surface area contributed by atoms with Gasteiger partial charge >= 0.3 is 0 Å². The fourth-order valence-corrected chi connectivity index (χ4v) is 2.62. The summed E-state index contributed by atoms with van der Waals surface area (Å²) in [6.07, 6.45) is 1.23. The number of nitrogens with one attached hydrogen (secondary N) is 1. The Morgan fingerprint density at radius 2 is 2.00 bits per heavy atom. The largest absolute Gasteiger partial charge is 0.354 e. The van der Waals surface area contributed by atoms with Crippen LogP contribution >= 0.6 is 0 Å². The molecule has 0 amide bonds. The van der Waals surface area contributed by atoms with Crippen LogP contribution in [0.25, 0.3) is 0 Å². The fraction of sp³-hybridized carbons (Fsp3) is 0.400. The molecule has 1 aromatic rings. The first-order chi connectivity index (χ1) is 9.66. The van der Waals surface area contributed by atoms with Crippen molar-refractivity contribution >= 4 is 5.78 Å². The standard InChI is InChI=1S/C15H19NO4/c1-4-13(17)14(12-8-6-5-7-9-12)15(18-2,19-3)16-10-11-20-14/h4-9,16H,1,10-11H2,2-3H3. The molecule has 1 fully saturated rings. The number of ether oxygens (including phenoxy) is 3. The highest BCUT2D eigenvalue weighted by Gasteiger charge is 2.61. The van der Waals surface area contributed by atoms with Gasteiger partial charge in [0.1, 0.15) is 0 Å². The molecular formula is C15H19NO4. The predicted molar refractivity (Wildman–Crippen MR) is 74.0 cm³/mol. The van der Waals surface area contributed by atoms with Gasteiger partial charge in [-0.15, -0.1) is 0 Å². The topological polar surface area (TPSA) is 56.8 Å². The lowest BCUT2D eigenvalue weighted by molar-refractivity contribution is -0.338. The zero-order valence-electron chi connectivity index (χ0n) is 11.7. The molecule has 0 bridgehead atoms. The fourth-order valence-electron chi connectivity index (χ4n) is 2.62. The van der Waals surface area contributed by atoms with Crippen molar-refractivity contribution in [3.05, 3.63) is 48.6 Å². The second kappa shape index (κ2) is 5.85. The molecule has 0 saturated carbocycles. The molecule has 1 heterocycles. The minimum atomic E-state index is -1.42. The number of hydrogen-bond donors (Lipinski definition) is 1. The van der Waals surface area contributed by atoms with Crippen LogP contribution in [0.3, 0.4) is 0 Å². The summed E-state index contributed by atoms with van der Waals surface area (Å²) in [5.74, 6) is -1.71. The molecule has 1 unspecified atom stereocenters. The van der Waals surface area contributed by atoms with E-state index in [-0.39, 0.29) is 5.78 Å². The highest BCUT2D eigenvalue weighted by atomic mass is 16.7. The average Bonchev–Trinajstić information content (AvgIpc) is 2.54. The maximum absolute atomic E-state index is 12.6. The average molecular weight is 277 g/mol. The van der Waals surface area contributed by atoms with Gasteiger partial charge in [0.05, 0.1) is 6.61 Å². The number of hydrogen-bond acceptors (Lipinski definition) is 5. The van der Waals surface area contributed by atoms with Gasteiger partial charge < -0.3 is 14.2 Å². The van der Waals surface area contributed by atoms with Crippen LogP contribution in [0.15, 0.2) is 43.0 Å². The van der Waals surface area contributed by atoms with Crippen molar-refractivity contribution in [1.29, 1.82) is 0 Å². The smallest absolute Gasteiger partial charge is 0.270 e. The van der Waals surface area contributed by atoms with E-state index in [1.165, 1.54) is 20.3 Å². The Hall–Kier alpha value is -1.53. The quantitative estimate of drug-likeness (QED) is 0.647.